The largest absolute Gasteiger partial charge is 0.493 e. The zero-order chi connectivity index (χ0) is 22.5. The van der Waals surface area contributed by atoms with Crippen LogP contribution in [0.1, 0.15) is 21.5 Å². The lowest BCUT2D eigenvalue weighted by Gasteiger charge is -2.10. The summed E-state index contributed by atoms with van der Waals surface area (Å²) >= 11 is 0. The molecule has 0 radical (unpaired) electrons. The summed E-state index contributed by atoms with van der Waals surface area (Å²) in [5.41, 5.74) is 5.03. The van der Waals surface area contributed by atoms with E-state index in [0.717, 1.165) is 16.8 Å². The summed E-state index contributed by atoms with van der Waals surface area (Å²) in [4.78, 5) is 21.3. The number of aryl methyl sites for hydroxylation is 2. The molecule has 0 unspecified atom stereocenters. The summed E-state index contributed by atoms with van der Waals surface area (Å²) in [6, 6.07) is 22.2. The fourth-order valence-electron chi connectivity index (χ4n) is 3.21. The van der Waals surface area contributed by atoms with E-state index in [1.54, 1.807) is 31.4 Å². The predicted octanol–water partition coefficient (Wildman–Crippen LogP) is 5.81. The van der Waals surface area contributed by atoms with Crippen LogP contribution < -0.4 is 14.8 Å². The Morgan fingerprint density at radius 3 is 2.44 bits per heavy atom. The number of nitrogens with zero attached hydrogens (tertiary/aromatic N) is 2. The zero-order valence-corrected chi connectivity index (χ0v) is 18.1. The number of amides is 1. The van der Waals surface area contributed by atoms with Gasteiger partial charge in [0.05, 0.1) is 12.8 Å². The number of carbonyl (C=O) groups excluding carboxylic acids is 1. The highest BCUT2D eigenvalue weighted by Crippen LogP contribution is 2.31. The number of anilines is 1. The number of hydrogen-bond donors (Lipinski definition) is 1. The maximum Gasteiger partial charge on any atom is 0.255 e. The molecule has 0 aliphatic rings. The third-order valence-corrected chi connectivity index (χ3v) is 5.11. The minimum absolute atomic E-state index is 0.186. The van der Waals surface area contributed by atoms with E-state index in [-0.39, 0.29) is 5.91 Å². The molecule has 1 aromatic heterocycles. The summed E-state index contributed by atoms with van der Waals surface area (Å²) in [5.74, 6) is 1.36. The second kappa shape index (κ2) is 9.31. The first-order valence-corrected chi connectivity index (χ1v) is 10.2. The Morgan fingerprint density at radius 2 is 1.66 bits per heavy atom. The van der Waals surface area contributed by atoms with E-state index in [1.165, 1.54) is 11.9 Å². The lowest BCUT2D eigenvalue weighted by atomic mass is 10.1. The van der Waals surface area contributed by atoms with Crippen LogP contribution in [0.3, 0.4) is 0 Å². The van der Waals surface area contributed by atoms with Crippen LogP contribution in [-0.2, 0) is 0 Å². The van der Waals surface area contributed by atoms with Gasteiger partial charge in [0, 0.05) is 22.9 Å². The molecule has 3 aromatic carbocycles. The molecule has 0 fully saturated rings. The Bertz CT molecular complexity index is 1270. The van der Waals surface area contributed by atoms with Gasteiger partial charge < -0.3 is 14.8 Å². The SMILES string of the molecule is COc1ccccc1Oc1cc(-c2cccc(C(=O)Nc3ccc(C)c(C)c3)c2)ncn1. The molecule has 4 aromatic rings. The van der Waals surface area contributed by atoms with E-state index < -0.39 is 0 Å². The van der Waals surface area contributed by atoms with Crippen molar-refractivity contribution in [2.45, 2.75) is 13.8 Å². The van der Waals surface area contributed by atoms with Gasteiger partial charge in [-0.3, -0.25) is 4.79 Å². The summed E-state index contributed by atoms with van der Waals surface area (Å²) in [5, 5.41) is 2.95. The quantitative estimate of drug-likeness (QED) is 0.422. The van der Waals surface area contributed by atoms with Crippen LogP contribution in [0.25, 0.3) is 11.3 Å². The minimum Gasteiger partial charge on any atom is -0.493 e. The number of ether oxygens (including phenoxy) is 2. The first kappa shape index (κ1) is 21.1. The lowest BCUT2D eigenvalue weighted by Crippen LogP contribution is -2.12. The fraction of sp³-hybridized carbons (Fsp3) is 0.115. The number of methoxy groups -OCH3 is 1. The van der Waals surface area contributed by atoms with Crippen LogP contribution in [0.4, 0.5) is 5.69 Å². The first-order valence-electron chi connectivity index (χ1n) is 10.2. The van der Waals surface area contributed by atoms with Crippen molar-refractivity contribution >= 4 is 11.6 Å². The third kappa shape index (κ3) is 4.75. The van der Waals surface area contributed by atoms with E-state index in [0.29, 0.717) is 28.6 Å². The second-order valence-electron chi connectivity index (χ2n) is 7.33. The molecule has 0 atom stereocenters. The lowest BCUT2D eigenvalue weighted by molar-refractivity contribution is 0.102. The number of aromatic nitrogens is 2. The van der Waals surface area contributed by atoms with Crippen molar-refractivity contribution in [1.82, 2.24) is 9.97 Å². The van der Waals surface area contributed by atoms with Gasteiger partial charge in [0.15, 0.2) is 11.5 Å². The average Bonchev–Trinajstić information content (AvgIpc) is 2.82. The number of rotatable bonds is 6. The highest BCUT2D eigenvalue weighted by Gasteiger charge is 2.11. The Labute approximate surface area is 186 Å². The molecule has 1 amide bonds. The van der Waals surface area contributed by atoms with Crippen molar-refractivity contribution in [2.75, 3.05) is 12.4 Å². The third-order valence-electron chi connectivity index (χ3n) is 5.11. The standard InChI is InChI=1S/C26H23N3O3/c1-17-11-12-21(13-18(17)2)29-26(30)20-8-6-7-19(14-20)22-15-25(28-16-27-22)32-24-10-5-4-9-23(24)31-3/h4-16H,1-3H3,(H,29,30). The molecule has 1 heterocycles. The van der Waals surface area contributed by atoms with Crippen LogP contribution in [0.15, 0.2) is 79.1 Å². The summed E-state index contributed by atoms with van der Waals surface area (Å²) in [6.45, 7) is 4.06. The van der Waals surface area contributed by atoms with E-state index in [9.17, 15) is 4.79 Å². The smallest absolute Gasteiger partial charge is 0.255 e. The number of benzene rings is 3. The zero-order valence-electron chi connectivity index (χ0n) is 18.1. The van der Waals surface area contributed by atoms with Crippen LogP contribution >= 0.6 is 0 Å². The van der Waals surface area contributed by atoms with Gasteiger partial charge in [-0.25, -0.2) is 9.97 Å². The monoisotopic (exact) mass is 425 g/mol. The molecule has 32 heavy (non-hydrogen) atoms. The number of para-hydroxylation sites is 2. The maximum absolute atomic E-state index is 12.8. The maximum atomic E-state index is 12.8. The van der Waals surface area contributed by atoms with Crippen LogP contribution in [0, 0.1) is 13.8 Å². The topological polar surface area (TPSA) is 73.3 Å². The van der Waals surface area contributed by atoms with Crippen LogP contribution in [0.5, 0.6) is 17.4 Å². The molecule has 6 nitrogen and oxygen atoms in total. The average molecular weight is 425 g/mol. The van der Waals surface area contributed by atoms with Crippen molar-refractivity contribution in [3.8, 4) is 28.6 Å². The first-order chi connectivity index (χ1) is 15.5. The van der Waals surface area contributed by atoms with E-state index >= 15 is 0 Å². The van der Waals surface area contributed by atoms with Gasteiger partial charge >= 0.3 is 0 Å². The van der Waals surface area contributed by atoms with E-state index in [2.05, 4.69) is 15.3 Å². The molecule has 0 saturated heterocycles. The Balaban J connectivity index is 1.56. The highest BCUT2D eigenvalue weighted by molar-refractivity contribution is 6.05. The molecule has 0 spiro atoms. The second-order valence-corrected chi connectivity index (χ2v) is 7.33. The van der Waals surface area contributed by atoms with Gasteiger partial charge in [-0.15, -0.1) is 0 Å². The van der Waals surface area contributed by atoms with Crippen molar-refractivity contribution in [1.29, 1.82) is 0 Å². The fourth-order valence-corrected chi connectivity index (χ4v) is 3.21. The molecule has 0 saturated carbocycles. The van der Waals surface area contributed by atoms with Crippen molar-refractivity contribution in [2.24, 2.45) is 0 Å². The Hall–Kier alpha value is -4.19. The van der Waals surface area contributed by atoms with Gasteiger partial charge in [0.25, 0.3) is 5.91 Å². The van der Waals surface area contributed by atoms with Crippen molar-refractivity contribution in [3.05, 3.63) is 95.8 Å². The summed E-state index contributed by atoms with van der Waals surface area (Å²) < 4.78 is 11.2. The molecular weight excluding hydrogens is 402 g/mol. The normalized spacial score (nSPS) is 10.5. The minimum atomic E-state index is -0.186. The molecule has 0 bridgehead atoms. The highest BCUT2D eigenvalue weighted by atomic mass is 16.5. The van der Waals surface area contributed by atoms with Crippen LogP contribution in [0.2, 0.25) is 0 Å². The molecule has 6 heteroatoms. The van der Waals surface area contributed by atoms with Gasteiger partial charge in [-0.1, -0.05) is 30.3 Å². The van der Waals surface area contributed by atoms with E-state index in [1.807, 2.05) is 62.4 Å². The van der Waals surface area contributed by atoms with Crippen LogP contribution in [-0.4, -0.2) is 23.0 Å². The Morgan fingerprint density at radius 1 is 0.844 bits per heavy atom. The molecule has 4 rings (SSSR count). The van der Waals surface area contributed by atoms with Crippen molar-refractivity contribution in [3.63, 3.8) is 0 Å². The molecule has 0 aliphatic carbocycles. The number of hydrogen-bond acceptors (Lipinski definition) is 5. The molecule has 160 valence electrons. The van der Waals surface area contributed by atoms with Crippen molar-refractivity contribution < 1.29 is 14.3 Å². The molecule has 0 aliphatic heterocycles. The van der Waals surface area contributed by atoms with Gasteiger partial charge in [0.2, 0.25) is 5.88 Å². The number of carbonyl (C=O) groups is 1. The van der Waals surface area contributed by atoms with E-state index in [4.69, 9.17) is 9.47 Å². The molecular formula is C26H23N3O3. The molecule has 1 N–H and O–H groups in total. The van der Waals surface area contributed by atoms with Gasteiger partial charge in [-0.05, 0) is 61.4 Å². The van der Waals surface area contributed by atoms with Gasteiger partial charge in [-0.2, -0.15) is 0 Å². The van der Waals surface area contributed by atoms with Gasteiger partial charge in [0.1, 0.15) is 6.33 Å². The summed E-state index contributed by atoms with van der Waals surface area (Å²) in [7, 11) is 1.59. The predicted molar refractivity (Wildman–Crippen MR) is 124 cm³/mol. The number of nitrogens with one attached hydrogen (secondary N) is 1. The Kier molecular flexibility index (Phi) is 6.12. The summed E-state index contributed by atoms with van der Waals surface area (Å²) in [6.07, 6.45) is 1.43.